The van der Waals surface area contributed by atoms with Crippen molar-refractivity contribution >= 4 is 0 Å². The maximum Gasteiger partial charge on any atom is 0.239 e. The second-order valence-corrected chi connectivity index (χ2v) is 2.56. The summed E-state index contributed by atoms with van der Waals surface area (Å²) in [5.41, 5.74) is 0.621. The van der Waals surface area contributed by atoms with E-state index < -0.39 is 6.43 Å². The fraction of sp³-hybridized carbons (Fsp3) is 0.333. The van der Waals surface area contributed by atoms with Gasteiger partial charge >= 0.3 is 0 Å². The van der Waals surface area contributed by atoms with Crippen LogP contribution in [0.25, 0.3) is 0 Å². The van der Waals surface area contributed by atoms with Crippen molar-refractivity contribution in [1.29, 1.82) is 0 Å². The van der Waals surface area contributed by atoms with Gasteiger partial charge in [0.25, 0.3) is 0 Å². The van der Waals surface area contributed by atoms with Crippen molar-refractivity contribution in [3.05, 3.63) is 35.6 Å². The fourth-order valence-electron chi connectivity index (χ4n) is 0.968. The third-order valence-electron chi connectivity index (χ3n) is 1.54. The van der Waals surface area contributed by atoms with Crippen LogP contribution in [0.2, 0.25) is 0 Å². The van der Waals surface area contributed by atoms with Crippen LogP contribution in [0.5, 0.6) is 0 Å². The van der Waals surface area contributed by atoms with Crippen molar-refractivity contribution in [2.45, 2.75) is 19.3 Å². The fourth-order valence-corrected chi connectivity index (χ4v) is 0.968. The first-order chi connectivity index (χ1) is 5.68. The number of hydrogen-bond donors (Lipinski definition) is 0. The first-order valence-electron chi connectivity index (χ1n) is 3.71. The summed E-state index contributed by atoms with van der Waals surface area (Å²) in [6.07, 6.45) is -2.29. The van der Waals surface area contributed by atoms with Crippen LogP contribution in [0.4, 0.5) is 13.2 Å². The number of alkyl halides is 2. The maximum atomic E-state index is 12.5. The molecule has 1 aromatic rings. The normalized spacial score (nSPS) is 10.7. The van der Waals surface area contributed by atoms with Crippen LogP contribution < -0.4 is 0 Å². The van der Waals surface area contributed by atoms with Crippen LogP contribution in [0.3, 0.4) is 0 Å². The SMILES string of the molecule is Fc1cccc(CCC(F)F)c1. The van der Waals surface area contributed by atoms with E-state index >= 15 is 0 Å². The molecule has 0 unspecified atom stereocenters. The molecule has 0 radical (unpaired) electrons. The topological polar surface area (TPSA) is 0 Å². The van der Waals surface area contributed by atoms with Crippen molar-refractivity contribution < 1.29 is 13.2 Å². The van der Waals surface area contributed by atoms with E-state index in [0.29, 0.717) is 5.56 Å². The predicted molar refractivity (Wildman–Crippen MR) is 40.7 cm³/mol. The minimum absolute atomic E-state index is 0.205. The first-order valence-corrected chi connectivity index (χ1v) is 3.71. The van der Waals surface area contributed by atoms with Crippen molar-refractivity contribution in [1.82, 2.24) is 0 Å². The summed E-state index contributed by atoms with van der Waals surface area (Å²) in [7, 11) is 0. The zero-order valence-corrected chi connectivity index (χ0v) is 6.43. The van der Waals surface area contributed by atoms with Crippen molar-refractivity contribution in [3.8, 4) is 0 Å². The van der Waals surface area contributed by atoms with E-state index in [9.17, 15) is 13.2 Å². The van der Waals surface area contributed by atoms with Gasteiger partial charge in [-0.1, -0.05) is 12.1 Å². The molecule has 0 fully saturated rings. The molecule has 0 saturated heterocycles. The zero-order chi connectivity index (χ0) is 8.97. The molecular weight excluding hydrogens is 165 g/mol. The molecule has 0 aliphatic rings. The average molecular weight is 174 g/mol. The lowest BCUT2D eigenvalue weighted by molar-refractivity contribution is 0.138. The lowest BCUT2D eigenvalue weighted by Gasteiger charge is -1.99. The van der Waals surface area contributed by atoms with E-state index in [2.05, 4.69) is 0 Å². The van der Waals surface area contributed by atoms with Gasteiger partial charge in [-0.25, -0.2) is 13.2 Å². The zero-order valence-electron chi connectivity index (χ0n) is 6.43. The molecule has 0 spiro atoms. The van der Waals surface area contributed by atoms with Gasteiger partial charge in [-0.3, -0.25) is 0 Å². The van der Waals surface area contributed by atoms with Crippen LogP contribution in [-0.2, 0) is 6.42 Å². The Balaban J connectivity index is 2.52. The Morgan fingerprint density at radius 2 is 2.00 bits per heavy atom. The smallest absolute Gasteiger partial charge is 0.211 e. The largest absolute Gasteiger partial charge is 0.239 e. The van der Waals surface area contributed by atoms with Gasteiger partial charge < -0.3 is 0 Å². The molecule has 0 saturated carbocycles. The molecule has 1 rings (SSSR count). The molecule has 0 aliphatic heterocycles. The summed E-state index contributed by atoms with van der Waals surface area (Å²) < 4.78 is 36.0. The molecular formula is C9H9F3. The molecule has 0 heterocycles. The third kappa shape index (κ3) is 2.95. The van der Waals surface area contributed by atoms with Crippen LogP contribution in [-0.4, -0.2) is 6.43 Å². The molecule has 0 N–H and O–H groups in total. The number of hydrogen-bond acceptors (Lipinski definition) is 0. The minimum Gasteiger partial charge on any atom is -0.211 e. The number of benzene rings is 1. The number of halogens is 3. The second-order valence-electron chi connectivity index (χ2n) is 2.56. The van der Waals surface area contributed by atoms with E-state index in [1.165, 1.54) is 18.2 Å². The van der Waals surface area contributed by atoms with E-state index in [4.69, 9.17) is 0 Å². The molecule has 0 aliphatic carbocycles. The molecule has 0 bridgehead atoms. The monoisotopic (exact) mass is 174 g/mol. The van der Waals surface area contributed by atoms with Gasteiger partial charge in [0.1, 0.15) is 5.82 Å². The predicted octanol–water partition coefficient (Wildman–Crippen LogP) is 3.02. The van der Waals surface area contributed by atoms with Gasteiger partial charge in [-0.2, -0.15) is 0 Å². The molecule has 0 amide bonds. The van der Waals surface area contributed by atoms with Crippen LogP contribution in [0.15, 0.2) is 24.3 Å². The Bertz CT molecular complexity index is 245. The standard InChI is InChI=1S/C9H9F3/c10-8-3-1-2-7(6-8)4-5-9(11)12/h1-3,6,9H,4-5H2. The van der Waals surface area contributed by atoms with Crippen molar-refractivity contribution in [2.75, 3.05) is 0 Å². The molecule has 0 aromatic heterocycles. The van der Waals surface area contributed by atoms with Crippen molar-refractivity contribution in [2.24, 2.45) is 0 Å². The van der Waals surface area contributed by atoms with E-state index in [1.54, 1.807) is 6.07 Å². The Hall–Kier alpha value is -0.990. The van der Waals surface area contributed by atoms with Gasteiger partial charge in [0.15, 0.2) is 0 Å². The molecule has 0 atom stereocenters. The Morgan fingerprint density at radius 3 is 2.58 bits per heavy atom. The summed E-state index contributed by atoms with van der Waals surface area (Å²) in [5, 5.41) is 0. The quantitative estimate of drug-likeness (QED) is 0.660. The van der Waals surface area contributed by atoms with Gasteiger partial charge in [-0.15, -0.1) is 0 Å². The molecule has 3 heteroatoms. The number of rotatable bonds is 3. The van der Waals surface area contributed by atoms with E-state index in [1.807, 2.05) is 0 Å². The minimum atomic E-state index is -2.31. The molecule has 66 valence electrons. The van der Waals surface area contributed by atoms with Gasteiger partial charge in [0.2, 0.25) is 6.43 Å². The summed E-state index contributed by atoms with van der Waals surface area (Å²) >= 11 is 0. The third-order valence-corrected chi connectivity index (χ3v) is 1.54. The lowest BCUT2D eigenvalue weighted by Crippen LogP contribution is -1.94. The van der Waals surface area contributed by atoms with Crippen LogP contribution in [0, 0.1) is 5.82 Å². The van der Waals surface area contributed by atoms with E-state index in [0.717, 1.165) is 0 Å². The number of aryl methyl sites for hydroxylation is 1. The highest BCUT2D eigenvalue weighted by Gasteiger charge is 2.02. The first kappa shape index (κ1) is 9.10. The van der Waals surface area contributed by atoms with Gasteiger partial charge in [-0.05, 0) is 24.1 Å². The molecule has 12 heavy (non-hydrogen) atoms. The van der Waals surface area contributed by atoms with Crippen LogP contribution >= 0.6 is 0 Å². The highest BCUT2D eigenvalue weighted by atomic mass is 19.3. The summed E-state index contributed by atoms with van der Waals surface area (Å²) in [6, 6.07) is 5.75. The van der Waals surface area contributed by atoms with Crippen LogP contribution in [0.1, 0.15) is 12.0 Å². The van der Waals surface area contributed by atoms with Gasteiger partial charge in [0.05, 0.1) is 0 Å². The van der Waals surface area contributed by atoms with Gasteiger partial charge in [0, 0.05) is 6.42 Å². The average Bonchev–Trinajstić information content (AvgIpc) is 2.01. The lowest BCUT2D eigenvalue weighted by atomic mass is 10.1. The summed E-state index contributed by atoms with van der Waals surface area (Å²) in [6.45, 7) is 0. The molecule has 1 aromatic carbocycles. The summed E-state index contributed by atoms with van der Waals surface area (Å²) in [5.74, 6) is -0.373. The Morgan fingerprint density at radius 1 is 1.25 bits per heavy atom. The Kier molecular flexibility index (Phi) is 3.14. The second kappa shape index (κ2) is 4.14. The van der Waals surface area contributed by atoms with E-state index in [-0.39, 0.29) is 18.7 Å². The highest BCUT2D eigenvalue weighted by Crippen LogP contribution is 2.09. The summed E-state index contributed by atoms with van der Waals surface area (Å²) in [4.78, 5) is 0. The maximum absolute atomic E-state index is 12.5. The molecule has 0 nitrogen and oxygen atoms in total. The highest BCUT2D eigenvalue weighted by molar-refractivity contribution is 5.16. The van der Waals surface area contributed by atoms with Crippen molar-refractivity contribution in [3.63, 3.8) is 0 Å². The Labute approximate surface area is 69.0 Å².